The molecular formula is C23H32O5S. The molecule has 0 aliphatic carbocycles. The van der Waals surface area contributed by atoms with E-state index in [0.717, 1.165) is 19.3 Å². The Balaban J connectivity index is 1.93. The third-order valence-electron chi connectivity index (χ3n) is 4.91. The zero-order chi connectivity index (χ0) is 21.1. The van der Waals surface area contributed by atoms with Crippen LogP contribution in [0, 0.1) is 0 Å². The van der Waals surface area contributed by atoms with Crippen molar-refractivity contribution in [2.45, 2.75) is 76.0 Å². The second kappa shape index (κ2) is 11.8. The third kappa shape index (κ3) is 8.46. The molecule has 0 unspecified atom stereocenters. The van der Waals surface area contributed by atoms with Gasteiger partial charge in [-0.15, -0.1) is 0 Å². The summed E-state index contributed by atoms with van der Waals surface area (Å²) < 4.78 is 38.7. The van der Waals surface area contributed by atoms with Gasteiger partial charge in [0.05, 0.1) is 4.90 Å². The van der Waals surface area contributed by atoms with Crippen LogP contribution in [-0.2, 0) is 16.5 Å². The maximum Gasteiger partial charge on any atom is 0.294 e. The summed E-state index contributed by atoms with van der Waals surface area (Å²) in [4.78, 5) is -0.0691. The Morgan fingerprint density at radius 3 is 2.07 bits per heavy atom. The molecule has 2 aromatic carbocycles. The molecule has 0 atom stereocenters. The number of benzene rings is 2. The SMILES string of the molecule is CCCCCCCCCCCc1cc(Oc2cccc(O)c2)ccc1S(=O)(=O)O. The fourth-order valence-electron chi connectivity index (χ4n) is 3.38. The highest BCUT2D eigenvalue weighted by atomic mass is 32.2. The van der Waals surface area contributed by atoms with Crippen LogP contribution in [0.25, 0.3) is 0 Å². The maximum absolute atomic E-state index is 11.7. The van der Waals surface area contributed by atoms with Gasteiger partial charge in [-0.25, -0.2) is 0 Å². The molecule has 0 spiro atoms. The smallest absolute Gasteiger partial charge is 0.294 e. The summed E-state index contributed by atoms with van der Waals surface area (Å²) in [5.74, 6) is 1.01. The van der Waals surface area contributed by atoms with Gasteiger partial charge in [-0.3, -0.25) is 4.55 Å². The number of rotatable bonds is 13. The zero-order valence-corrected chi connectivity index (χ0v) is 18.0. The van der Waals surface area contributed by atoms with Crippen LogP contribution in [0.15, 0.2) is 47.4 Å². The number of aryl methyl sites for hydroxylation is 1. The molecule has 2 rings (SSSR count). The second-order valence-electron chi connectivity index (χ2n) is 7.42. The number of phenols is 1. The summed E-state index contributed by atoms with van der Waals surface area (Å²) in [5.41, 5.74) is 0.549. The summed E-state index contributed by atoms with van der Waals surface area (Å²) in [6, 6.07) is 10.9. The van der Waals surface area contributed by atoms with Gasteiger partial charge in [-0.1, -0.05) is 64.4 Å². The first-order valence-corrected chi connectivity index (χ1v) is 11.9. The van der Waals surface area contributed by atoms with E-state index in [1.807, 2.05) is 0 Å². The molecule has 0 aromatic heterocycles. The lowest BCUT2D eigenvalue weighted by molar-refractivity contribution is 0.454. The number of hydrogen-bond acceptors (Lipinski definition) is 4. The van der Waals surface area contributed by atoms with Crippen LogP contribution in [0.2, 0.25) is 0 Å². The van der Waals surface area contributed by atoms with Crippen molar-refractivity contribution in [3.8, 4) is 17.2 Å². The lowest BCUT2D eigenvalue weighted by Crippen LogP contribution is -2.04. The fourth-order valence-corrected chi connectivity index (χ4v) is 4.11. The van der Waals surface area contributed by atoms with Crippen LogP contribution in [0.4, 0.5) is 0 Å². The quantitative estimate of drug-likeness (QED) is 0.285. The molecule has 5 nitrogen and oxygen atoms in total. The van der Waals surface area contributed by atoms with Gasteiger partial charge in [0.15, 0.2) is 0 Å². The van der Waals surface area contributed by atoms with Gasteiger partial charge in [-0.2, -0.15) is 8.42 Å². The molecule has 0 aliphatic heterocycles. The van der Waals surface area contributed by atoms with Crippen LogP contribution >= 0.6 is 0 Å². The first kappa shape index (κ1) is 23.2. The van der Waals surface area contributed by atoms with Crippen molar-refractivity contribution in [2.24, 2.45) is 0 Å². The van der Waals surface area contributed by atoms with E-state index < -0.39 is 10.1 Å². The third-order valence-corrected chi connectivity index (χ3v) is 5.87. The molecule has 0 bridgehead atoms. The average molecular weight is 421 g/mol. The number of unbranched alkanes of at least 4 members (excludes halogenated alkanes) is 8. The lowest BCUT2D eigenvalue weighted by atomic mass is 10.0. The Morgan fingerprint density at radius 1 is 0.828 bits per heavy atom. The molecule has 6 heteroatoms. The Labute approximate surface area is 174 Å². The molecule has 0 heterocycles. The second-order valence-corrected chi connectivity index (χ2v) is 8.81. The van der Waals surface area contributed by atoms with Gasteiger partial charge < -0.3 is 9.84 Å². The number of hydrogen-bond donors (Lipinski definition) is 2. The normalized spacial score (nSPS) is 11.5. The Kier molecular flexibility index (Phi) is 9.48. The van der Waals surface area contributed by atoms with Crippen molar-refractivity contribution in [3.05, 3.63) is 48.0 Å². The number of aromatic hydroxyl groups is 1. The van der Waals surface area contributed by atoms with Crippen molar-refractivity contribution < 1.29 is 22.8 Å². The number of ether oxygens (including phenoxy) is 1. The average Bonchev–Trinajstić information content (AvgIpc) is 2.66. The van der Waals surface area contributed by atoms with Gasteiger partial charge >= 0.3 is 0 Å². The van der Waals surface area contributed by atoms with E-state index in [-0.39, 0.29) is 10.6 Å². The summed E-state index contributed by atoms with van der Waals surface area (Å²) in [6.07, 6.45) is 11.2. The Hall–Kier alpha value is -2.05. The van der Waals surface area contributed by atoms with Gasteiger partial charge in [0.25, 0.3) is 10.1 Å². The molecule has 2 aromatic rings. The van der Waals surface area contributed by atoms with E-state index in [1.54, 1.807) is 24.3 Å². The van der Waals surface area contributed by atoms with Crippen LogP contribution in [-0.4, -0.2) is 18.1 Å². The first-order chi connectivity index (χ1) is 13.9. The van der Waals surface area contributed by atoms with Crippen molar-refractivity contribution in [1.82, 2.24) is 0 Å². The van der Waals surface area contributed by atoms with Gasteiger partial charge in [0, 0.05) is 6.07 Å². The van der Waals surface area contributed by atoms with Crippen LogP contribution in [0.5, 0.6) is 17.2 Å². The summed E-state index contributed by atoms with van der Waals surface area (Å²) >= 11 is 0. The van der Waals surface area contributed by atoms with Crippen LogP contribution < -0.4 is 4.74 Å². The number of phenolic OH excluding ortho intramolecular Hbond substituents is 1. The minimum Gasteiger partial charge on any atom is -0.508 e. The Bertz CT molecular complexity index is 861. The first-order valence-electron chi connectivity index (χ1n) is 10.5. The van der Waals surface area contributed by atoms with Crippen molar-refractivity contribution in [1.29, 1.82) is 0 Å². The van der Waals surface area contributed by atoms with E-state index in [2.05, 4.69) is 6.92 Å². The highest BCUT2D eigenvalue weighted by Gasteiger charge is 2.16. The molecule has 0 saturated carbocycles. The largest absolute Gasteiger partial charge is 0.508 e. The maximum atomic E-state index is 11.7. The van der Waals surface area contributed by atoms with Gasteiger partial charge in [0.2, 0.25) is 0 Å². The van der Waals surface area contributed by atoms with Crippen molar-refractivity contribution >= 4 is 10.1 Å². The Morgan fingerprint density at radius 2 is 1.45 bits per heavy atom. The lowest BCUT2D eigenvalue weighted by Gasteiger charge is -2.11. The summed E-state index contributed by atoms with van der Waals surface area (Å²) in [5, 5.41) is 9.55. The predicted molar refractivity (Wildman–Crippen MR) is 115 cm³/mol. The van der Waals surface area contributed by atoms with Gasteiger partial charge in [0.1, 0.15) is 17.2 Å². The van der Waals surface area contributed by atoms with Crippen LogP contribution in [0.1, 0.15) is 70.3 Å². The molecule has 0 amide bonds. The molecule has 29 heavy (non-hydrogen) atoms. The molecular weight excluding hydrogens is 388 g/mol. The molecule has 2 N–H and O–H groups in total. The summed E-state index contributed by atoms with van der Waals surface area (Å²) in [7, 11) is -4.29. The monoisotopic (exact) mass is 420 g/mol. The van der Waals surface area contributed by atoms with Crippen molar-refractivity contribution in [3.63, 3.8) is 0 Å². The molecule has 0 saturated heterocycles. The standard InChI is InChI=1S/C23H32O5S/c1-2-3-4-5-6-7-8-9-10-12-19-17-22(15-16-23(19)29(25,26)27)28-21-14-11-13-20(24)18-21/h11,13-18,24H,2-10,12H2,1H3,(H,25,26,27). The summed E-state index contributed by atoms with van der Waals surface area (Å²) in [6.45, 7) is 2.21. The fraction of sp³-hybridized carbons (Fsp3) is 0.478. The minimum absolute atomic E-state index is 0.0691. The molecule has 0 fully saturated rings. The van der Waals surface area contributed by atoms with E-state index in [0.29, 0.717) is 23.5 Å². The molecule has 160 valence electrons. The molecule has 0 aliphatic rings. The predicted octanol–water partition coefficient (Wildman–Crippen LogP) is 6.50. The van der Waals surface area contributed by atoms with Crippen molar-refractivity contribution in [2.75, 3.05) is 0 Å². The van der Waals surface area contributed by atoms with E-state index >= 15 is 0 Å². The van der Waals surface area contributed by atoms with Crippen LogP contribution in [0.3, 0.4) is 0 Å². The van der Waals surface area contributed by atoms with E-state index in [9.17, 15) is 18.1 Å². The highest BCUT2D eigenvalue weighted by molar-refractivity contribution is 7.85. The molecule has 0 radical (unpaired) electrons. The highest BCUT2D eigenvalue weighted by Crippen LogP contribution is 2.29. The van der Waals surface area contributed by atoms with Gasteiger partial charge in [-0.05, 0) is 48.7 Å². The minimum atomic E-state index is -4.29. The topological polar surface area (TPSA) is 83.8 Å². The van der Waals surface area contributed by atoms with E-state index in [1.165, 1.54) is 56.7 Å². The van der Waals surface area contributed by atoms with E-state index in [4.69, 9.17) is 4.74 Å². The zero-order valence-electron chi connectivity index (χ0n) is 17.1.